The molecule has 1 aromatic rings. The molecule has 22 heavy (non-hydrogen) atoms. The van der Waals surface area contributed by atoms with Gasteiger partial charge in [-0.25, -0.2) is 0 Å². The smallest absolute Gasteiger partial charge is 0.255 e. The molecule has 1 saturated carbocycles. The van der Waals surface area contributed by atoms with Crippen molar-refractivity contribution in [2.75, 3.05) is 20.1 Å². The highest BCUT2D eigenvalue weighted by Gasteiger charge is 2.39. The van der Waals surface area contributed by atoms with Crippen molar-refractivity contribution in [1.29, 1.82) is 0 Å². The summed E-state index contributed by atoms with van der Waals surface area (Å²) >= 11 is 0. The van der Waals surface area contributed by atoms with Gasteiger partial charge in [-0.15, -0.1) is 0 Å². The molecule has 1 aliphatic carbocycles. The lowest BCUT2D eigenvalue weighted by molar-refractivity contribution is -0.0242. The van der Waals surface area contributed by atoms with Gasteiger partial charge in [-0.05, 0) is 51.3 Å². The quantitative estimate of drug-likeness (QED) is 0.899. The minimum atomic E-state index is -0.476. The zero-order chi connectivity index (χ0) is 15.5. The Morgan fingerprint density at radius 3 is 2.73 bits per heavy atom. The summed E-state index contributed by atoms with van der Waals surface area (Å²) in [5.74, 6) is -0.0963. The summed E-state index contributed by atoms with van der Waals surface area (Å²) in [5.41, 5.74) is 0.521. The second-order valence-corrected chi connectivity index (χ2v) is 6.35. The number of hydrogen-bond donors (Lipinski definition) is 1. The predicted octanol–water partition coefficient (Wildman–Crippen LogP) is 0.926. The lowest BCUT2D eigenvalue weighted by Crippen LogP contribution is -2.56. The van der Waals surface area contributed by atoms with Crippen LogP contribution in [0.25, 0.3) is 0 Å². The van der Waals surface area contributed by atoms with Gasteiger partial charge in [0.15, 0.2) is 0 Å². The number of rotatable bonds is 3. The number of carbonyl (C=O) groups excluding carboxylic acids is 1. The highest BCUT2D eigenvalue weighted by molar-refractivity contribution is 5.93. The lowest BCUT2D eigenvalue weighted by Gasteiger charge is -2.43. The Labute approximate surface area is 131 Å². The van der Waals surface area contributed by atoms with Gasteiger partial charge >= 0.3 is 0 Å². The fourth-order valence-electron chi connectivity index (χ4n) is 3.80. The Kier molecular flexibility index (Phi) is 4.69. The van der Waals surface area contributed by atoms with E-state index < -0.39 is 6.10 Å². The highest BCUT2D eigenvalue weighted by atomic mass is 16.3. The van der Waals surface area contributed by atoms with Crippen LogP contribution in [0.3, 0.4) is 0 Å². The average Bonchev–Trinajstić information content (AvgIpc) is 3.09. The molecule has 0 bridgehead atoms. The van der Waals surface area contributed by atoms with Gasteiger partial charge in [0.2, 0.25) is 0 Å². The van der Waals surface area contributed by atoms with Gasteiger partial charge < -0.3 is 10.0 Å². The van der Waals surface area contributed by atoms with Crippen LogP contribution in [0.2, 0.25) is 0 Å². The fourth-order valence-corrected chi connectivity index (χ4v) is 3.80. The van der Waals surface area contributed by atoms with Crippen LogP contribution in [-0.4, -0.2) is 69.3 Å². The van der Waals surface area contributed by atoms with Gasteiger partial charge in [-0.2, -0.15) is 10.2 Å². The van der Waals surface area contributed by atoms with Crippen molar-refractivity contribution in [3.63, 3.8) is 0 Å². The zero-order valence-electron chi connectivity index (χ0n) is 13.1. The number of aromatic nitrogens is 2. The first-order chi connectivity index (χ1) is 10.7. The summed E-state index contributed by atoms with van der Waals surface area (Å²) in [6.45, 7) is 2.14. The third kappa shape index (κ3) is 2.98. The first-order valence-electron chi connectivity index (χ1n) is 8.14. The molecule has 1 amide bonds. The van der Waals surface area contributed by atoms with Gasteiger partial charge in [0, 0.05) is 13.1 Å². The van der Waals surface area contributed by atoms with Crippen LogP contribution in [0, 0.1) is 0 Å². The molecule has 120 valence electrons. The lowest BCUT2D eigenvalue weighted by atomic mass is 9.86. The maximum atomic E-state index is 12.6. The molecular weight excluding hydrogens is 280 g/mol. The van der Waals surface area contributed by atoms with E-state index in [0.717, 1.165) is 32.4 Å². The van der Waals surface area contributed by atoms with E-state index in [0.29, 0.717) is 5.56 Å². The highest BCUT2D eigenvalue weighted by Crippen LogP contribution is 2.29. The summed E-state index contributed by atoms with van der Waals surface area (Å²) < 4.78 is 0. The molecule has 1 saturated heterocycles. The maximum Gasteiger partial charge on any atom is 0.255 e. The molecular formula is C16H24N4O2. The molecule has 2 fully saturated rings. The standard InChI is InChI=1S/C16H24N4O2/c1-19(16(22)12-7-8-17-18-11-12)13-5-4-6-14(15(13)21)20-9-2-3-10-20/h7-8,11,13-15,21H,2-6,9-10H2,1H3/t13-,14-,15-/m1/s1. The number of nitrogens with zero attached hydrogens (tertiary/aromatic N) is 4. The van der Waals surface area contributed by atoms with Gasteiger partial charge in [-0.1, -0.05) is 0 Å². The molecule has 1 N–H and O–H groups in total. The van der Waals surface area contributed by atoms with E-state index in [-0.39, 0.29) is 18.0 Å². The van der Waals surface area contributed by atoms with Gasteiger partial charge in [0.05, 0.1) is 30.1 Å². The number of hydrogen-bond acceptors (Lipinski definition) is 5. The second-order valence-electron chi connectivity index (χ2n) is 6.35. The Hall–Kier alpha value is -1.53. The Bertz CT molecular complexity index is 504. The van der Waals surface area contributed by atoms with Crippen LogP contribution in [-0.2, 0) is 0 Å². The molecule has 2 heterocycles. The van der Waals surface area contributed by atoms with Crippen molar-refractivity contribution >= 4 is 5.91 Å². The summed E-state index contributed by atoms with van der Waals surface area (Å²) in [5, 5.41) is 18.3. The average molecular weight is 304 g/mol. The molecule has 3 rings (SSSR count). The van der Waals surface area contributed by atoms with Crippen molar-refractivity contribution in [2.45, 2.75) is 50.3 Å². The third-order valence-corrected chi connectivity index (χ3v) is 5.05. The zero-order valence-corrected chi connectivity index (χ0v) is 13.1. The van der Waals surface area contributed by atoms with E-state index in [1.54, 1.807) is 18.0 Å². The first kappa shape index (κ1) is 15.4. The van der Waals surface area contributed by atoms with E-state index in [2.05, 4.69) is 15.1 Å². The van der Waals surface area contributed by atoms with Crippen molar-refractivity contribution in [1.82, 2.24) is 20.0 Å². The van der Waals surface area contributed by atoms with Gasteiger partial charge in [0.25, 0.3) is 5.91 Å². The fraction of sp³-hybridized carbons (Fsp3) is 0.688. The Morgan fingerprint density at radius 1 is 1.27 bits per heavy atom. The number of likely N-dealkylation sites (N-methyl/N-ethyl adjacent to an activating group) is 1. The minimum Gasteiger partial charge on any atom is -0.389 e. The summed E-state index contributed by atoms with van der Waals surface area (Å²) in [7, 11) is 1.78. The second kappa shape index (κ2) is 6.71. The van der Waals surface area contributed by atoms with Crippen molar-refractivity contribution < 1.29 is 9.90 Å². The minimum absolute atomic E-state index is 0.0963. The largest absolute Gasteiger partial charge is 0.389 e. The van der Waals surface area contributed by atoms with Crippen molar-refractivity contribution in [2.24, 2.45) is 0 Å². The van der Waals surface area contributed by atoms with Crippen molar-refractivity contribution in [3.05, 3.63) is 24.0 Å². The van der Waals surface area contributed by atoms with E-state index in [1.165, 1.54) is 25.2 Å². The number of carbonyl (C=O) groups is 1. The number of amides is 1. The van der Waals surface area contributed by atoms with Crippen LogP contribution in [0.15, 0.2) is 18.5 Å². The molecule has 0 spiro atoms. The molecule has 6 heteroatoms. The maximum absolute atomic E-state index is 12.6. The van der Waals surface area contributed by atoms with Crippen LogP contribution in [0.5, 0.6) is 0 Å². The van der Waals surface area contributed by atoms with Crippen LogP contribution in [0.4, 0.5) is 0 Å². The van der Waals surface area contributed by atoms with E-state index in [1.807, 2.05) is 0 Å². The van der Waals surface area contributed by atoms with E-state index in [9.17, 15) is 9.90 Å². The monoisotopic (exact) mass is 304 g/mol. The van der Waals surface area contributed by atoms with E-state index in [4.69, 9.17) is 0 Å². The Balaban J connectivity index is 1.71. The summed E-state index contributed by atoms with van der Waals surface area (Å²) in [6, 6.07) is 1.73. The van der Waals surface area contributed by atoms with Gasteiger partial charge in [-0.3, -0.25) is 9.69 Å². The molecule has 2 aliphatic rings. The number of aliphatic hydroxyl groups excluding tert-OH is 1. The molecule has 0 radical (unpaired) electrons. The van der Waals surface area contributed by atoms with Crippen LogP contribution < -0.4 is 0 Å². The summed E-state index contributed by atoms with van der Waals surface area (Å²) in [6.07, 6.45) is 7.88. The Morgan fingerprint density at radius 2 is 2.05 bits per heavy atom. The normalized spacial score (nSPS) is 29.5. The number of likely N-dealkylation sites (tertiary alicyclic amines) is 1. The van der Waals surface area contributed by atoms with Crippen LogP contribution in [0.1, 0.15) is 42.5 Å². The molecule has 0 aromatic carbocycles. The van der Waals surface area contributed by atoms with E-state index >= 15 is 0 Å². The molecule has 6 nitrogen and oxygen atoms in total. The number of aliphatic hydroxyl groups is 1. The molecule has 3 atom stereocenters. The molecule has 1 aliphatic heterocycles. The molecule has 1 aromatic heterocycles. The third-order valence-electron chi connectivity index (χ3n) is 5.05. The SMILES string of the molecule is CN(C(=O)c1ccnnc1)[C@@H]1CCC[C@@H](N2CCCC2)[C@@H]1O. The topological polar surface area (TPSA) is 69.6 Å². The van der Waals surface area contributed by atoms with Crippen LogP contribution >= 0.6 is 0 Å². The first-order valence-corrected chi connectivity index (χ1v) is 8.14. The summed E-state index contributed by atoms with van der Waals surface area (Å²) in [4.78, 5) is 16.6. The van der Waals surface area contributed by atoms with Crippen molar-refractivity contribution in [3.8, 4) is 0 Å². The van der Waals surface area contributed by atoms with Gasteiger partial charge in [0.1, 0.15) is 0 Å². The molecule has 0 unspecified atom stereocenters. The predicted molar refractivity (Wildman–Crippen MR) is 82.4 cm³/mol.